The van der Waals surface area contributed by atoms with Crippen molar-refractivity contribution in [3.63, 3.8) is 0 Å². The Morgan fingerprint density at radius 3 is 2.48 bits per heavy atom. The number of thioether (sulfide) groups is 1. The first-order valence-electron chi connectivity index (χ1n) is 9.71. The van der Waals surface area contributed by atoms with Crippen LogP contribution in [-0.2, 0) is 20.8 Å². The van der Waals surface area contributed by atoms with Crippen molar-refractivity contribution in [2.75, 3.05) is 5.73 Å². The summed E-state index contributed by atoms with van der Waals surface area (Å²) in [5, 5.41) is 11.8. The van der Waals surface area contributed by atoms with Crippen molar-refractivity contribution in [2.45, 2.75) is 49.4 Å². The van der Waals surface area contributed by atoms with Gasteiger partial charge in [0.2, 0.25) is 17.8 Å². The standard InChI is InChI=1S/C16H18N2O4S.C5H7N3/c1-16(2)12(15(21)22)18-13(20)11(14(18)23-16)17-10(19)8-9-6-4-3-5-7-9;1-4-2-3-7-5(6)8-4/h3-7,11-12,14H,8H2,1-2H3,(H,17,19)(H,21,22);2-3H,1H3,(H2,6,7,8)/t11-,12+,14-;/m1./s1. The molecule has 0 bridgehead atoms. The van der Waals surface area contributed by atoms with Gasteiger partial charge in [0.05, 0.1) is 6.42 Å². The molecule has 1 aromatic heterocycles. The third-order valence-corrected chi connectivity index (χ3v) is 6.58. The number of hydrogen-bond acceptors (Lipinski definition) is 7. The van der Waals surface area contributed by atoms with E-state index in [1.54, 1.807) is 12.3 Å². The fourth-order valence-electron chi connectivity index (χ4n) is 3.62. The van der Waals surface area contributed by atoms with Crippen LogP contribution in [-0.4, -0.2) is 60.0 Å². The normalized spacial score (nSPS) is 23.1. The number of nitrogens with one attached hydrogen (secondary N) is 1. The summed E-state index contributed by atoms with van der Waals surface area (Å²) in [4.78, 5) is 44.7. The van der Waals surface area contributed by atoms with Crippen molar-refractivity contribution in [2.24, 2.45) is 0 Å². The molecule has 0 aliphatic carbocycles. The second-order valence-corrected chi connectivity index (χ2v) is 9.63. The number of benzene rings is 1. The van der Waals surface area contributed by atoms with Gasteiger partial charge in [0.15, 0.2) is 0 Å². The molecule has 4 N–H and O–H groups in total. The number of nitrogens with two attached hydrogens (primary N) is 1. The number of hydrogen-bond donors (Lipinski definition) is 3. The first-order valence-corrected chi connectivity index (χ1v) is 10.6. The lowest BCUT2D eigenvalue weighted by Crippen LogP contribution is -2.70. The third-order valence-electron chi connectivity index (χ3n) is 5.01. The molecule has 0 unspecified atom stereocenters. The third kappa shape index (κ3) is 4.96. The van der Waals surface area contributed by atoms with Crippen LogP contribution in [0.3, 0.4) is 0 Å². The van der Waals surface area contributed by atoms with Gasteiger partial charge in [-0.25, -0.2) is 14.8 Å². The maximum absolute atomic E-state index is 12.3. The Labute approximate surface area is 184 Å². The number of nitrogen functional groups attached to an aromatic ring is 1. The molecule has 2 aromatic rings. The Morgan fingerprint density at radius 1 is 1.26 bits per heavy atom. The Hall–Kier alpha value is -3.14. The van der Waals surface area contributed by atoms with Crippen molar-refractivity contribution in [1.29, 1.82) is 0 Å². The van der Waals surface area contributed by atoms with Gasteiger partial charge in [0.1, 0.15) is 17.5 Å². The van der Waals surface area contributed by atoms with E-state index in [1.165, 1.54) is 16.7 Å². The molecule has 2 fully saturated rings. The molecule has 3 heterocycles. The lowest BCUT2D eigenvalue weighted by molar-refractivity contribution is -0.161. The maximum Gasteiger partial charge on any atom is 0.327 e. The SMILES string of the molecule is CC1(C)S[C@@H]2[C@H](NC(=O)Cc3ccccc3)C(=O)N2[C@H]1C(=O)O.Cc1ccnc(N)n1. The smallest absolute Gasteiger partial charge is 0.327 e. The van der Waals surface area contributed by atoms with Crippen molar-refractivity contribution in [3.05, 3.63) is 53.9 Å². The van der Waals surface area contributed by atoms with Gasteiger partial charge in [-0.2, -0.15) is 0 Å². The number of amides is 2. The number of aliphatic carboxylic acids is 1. The van der Waals surface area contributed by atoms with E-state index in [-0.39, 0.29) is 23.6 Å². The summed E-state index contributed by atoms with van der Waals surface area (Å²) in [6.45, 7) is 5.49. The highest BCUT2D eigenvalue weighted by Crippen LogP contribution is 2.50. The van der Waals surface area contributed by atoms with E-state index in [9.17, 15) is 19.5 Å². The second-order valence-electron chi connectivity index (χ2n) is 7.86. The number of carbonyl (C=O) groups is 3. The molecule has 2 saturated heterocycles. The van der Waals surface area contributed by atoms with Gasteiger partial charge in [-0.3, -0.25) is 9.59 Å². The Morgan fingerprint density at radius 2 is 1.94 bits per heavy atom. The van der Waals surface area contributed by atoms with Gasteiger partial charge in [-0.05, 0) is 32.4 Å². The molecule has 31 heavy (non-hydrogen) atoms. The molecule has 1 aromatic carbocycles. The topological polar surface area (TPSA) is 139 Å². The van der Waals surface area contributed by atoms with Crippen molar-refractivity contribution >= 4 is 35.5 Å². The fourth-order valence-corrected chi connectivity index (χ4v) is 5.24. The molecule has 2 aliphatic heterocycles. The Balaban J connectivity index is 0.000000287. The minimum atomic E-state index is -1.01. The molecule has 10 heteroatoms. The number of aryl methyl sites for hydroxylation is 1. The van der Waals surface area contributed by atoms with Crippen LogP contribution < -0.4 is 11.1 Å². The Bertz CT molecular complexity index is 967. The van der Waals surface area contributed by atoms with Gasteiger partial charge < -0.3 is 21.1 Å². The summed E-state index contributed by atoms with van der Waals surface area (Å²) >= 11 is 1.42. The van der Waals surface area contributed by atoms with E-state index in [2.05, 4.69) is 15.3 Å². The maximum atomic E-state index is 12.3. The quantitative estimate of drug-likeness (QED) is 0.600. The number of rotatable bonds is 4. The van der Waals surface area contributed by atoms with Gasteiger partial charge in [-0.15, -0.1) is 11.8 Å². The zero-order valence-electron chi connectivity index (χ0n) is 17.5. The first kappa shape index (κ1) is 22.5. The first-order chi connectivity index (χ1) is 14.6. The van der Waals surface area contributed by atoms with E-state index >= 15 is 0 Å². The molecule has 0 spiro atoms. The van der Waals surface area contributed by atoms with Gasteiger partial charge in [0, 0.05) is 16.6 Å². The predicted octanol–water partition coefficient (Wildman–Crippen LogP) is 1.23. The number of carbonyl (C=O) groups excluding carboxylic acids is 2. The monoisotopic (exact) mass is 443 g/mol. The molecule has 3 atom stereocenters. The minimum absolute atomic E-state index is 0.202. The molecule has 164 valence electrons. The predicted molar refractivity (Wildman–Crippen MR) is 117 cm³/mol. The van der Waals surface area contributed by atoms with Crippen molar-refractivity contribution < 1.29 is 19.5 Å². The van der Waals surface area contributed by atoms with Crippen LogP contribution in [0.4, 0.5) is 5.95 Å². The summed E-state index contributed by atoms with van der Waals surface area (Å²) in [6.07, 6.45) is 1.84. The highest BCUT2D eigenvalue weighted by Gasteiger charge is 2.64. The van der Waals surface area contributed by atoms with Crippen molar-refractivity contribution in [1.82, 2.24) is 20.2 Å². The largest absolute Gasteiger partial charge is 0.480 e. The van der Waals surface area contributed by atoms with Gasteiger partial charge >= 0.3 is 5.97 Å². The van der Waals surface area contributed by atoms with Crippen LogP contribution in [0.2, 0.25) is 0 Å². The molecule has 4 rings (SSSR count). The van der Waals surface area contributed by atoms with E-state index in [0.29, 0.717) is 5.95 Å². The number of β-lactam (4-membered cyclic amide) rings is 1. The molecular formula is C21H25N5O4S. The molecule has 2 aliphatic rings. The van der Waals surface area contributed by atoms with Gasteiger partial charge in [0.25, 0.3) is 0 Å². The lowest BCUT2D eigenvalue weighted by Gasteiger charge is -2.43. The number of carboxylic acids is 1. The molecule has 0 radical (unpaired) electrons. The van der Waals surface area contributed by atoms with Crippen LogP contribution in [0.5, 0.6) is 0 Å². The van der Waals surface area contributed by atoms with Crippen LogP contribution in [0.15, 0.2) is 42.6 Å². The summed E-state index contributed by atoms with van der Waals surface area (Å²) in [5.74, 6) is -1.22. The molecule has 9 nitrogen and oxygen atoms in total. The minimum Gasteiger partial charge on any atom is -0.480 e. The number of aromatic nitrogens is 2. The zero-order chi connectivity index (χ0) is 22.8. The summed E-state index contributed by atoms with van der Waals surface area (Å²) < 4.78 is -0.578. The number of fused-ring (bicyclic) bond motifs is 1. The number of carboxylic acid groups (broad SMARTS) is 1. The summed E-state index contributed by atoms with van der Waals surface area (Å²) in [7, 11) is 0. The van der Waals surface area contributed by atoms with Crippen LogP contribution >= 0.6 is 11.8 Å². The average Bonchev–Trinajstić information content (AvgIpc) is 2.95. The van der Waals surface area contributed by atoms with Crippen molar-refractivity contribution in [3.8, 4) is 0 Å². The van der Waals surface area contributed by atoms with E-state index in [1.807, 2.05) is 51.1 Å². The number of nitrogens with zero attached hydrogens (tertiary/aromatic N) is 3. The van der Waals surface area contributed by atoms with E-state index in [0.717, 1.165) is 11.3 Å². The summed E-state index contributed by atoms with van der Waals surface area (Å²) in [6, 6.07) is 9.59. The Kier molecular flexibility index (Phi) is 6.49. The molecule has 2 amide bonds. The van der Waals surface area contributed by atoms with Crippen LogP contribution in [0.1, 0.15) is 25.1 Å². The fraction of sp³-hybridized carbons (Fsp3) is 0.381. The summed E-state index contributed by atoms with van der Waals surface area (Å²) in [5.41, 5.74) is 7.01. The van der Waals surface area contributed by atoms with Crippen LogP contribution in [0.25, 0.3) is 0 Å². The van der Waals surface area contributed by atoms with Crippen LogP contribution in [0, 0.1) is 6.92 Å². The zero-order valence-corrected chi connectivity index (χ0v) is 18.3. The molecular weight excluding hydrogens is 418 g/mol. The van der Waals surface area contributed by atoms with Gasteiger partial charge in [-0.1, -0.05) is 30.3 Å². The molecule has 0 saturated carbocycles. The lowest BCUT2D eigenvalue weighted by atomic mass is 9.96. The highest BCUT2D eigenvalue weighted by atomic mass is 32.2. The number of anilines is 1. The average molecular weight is 444 g/mol. The second kappa shape index (κ2) is 8.93. The van der Waals surface area contributed by atoms with E-state index < -0.39 is 22.8 Å². The highest BCUT2D eigenvalue weighted by molar-refractivity contribution is 8.01. The van der Waals surface area contributed by atoms with E-state index in [4.69, 9.17) is 5.73 Å².